The third kappa shape index (κ3) is 6.23. The van der Waals surface area contributed by atoms with E-state index in [9.17, 15) is 0 Å². The average molecular weight is 495 g/mol. The van der Waals surface area contributed by atoms with Gasteiger partial charge in [0.05, 0.1) is 6.54 Å². The van der Waals surface area contributed by atoms with Crippen LogP contribution in [0.1, 0.15) is 47.1 Å². The summed E-state index contributed by atoms with van der Waals surface area (Å²) in [5, 5.41) is 3.35. The van der Waals surface area contributed by atoms with Crippen LogP contribution in [0, 0.1) is 0 Å². The van der Waals surface area contributed by atoms with Crippen LogP contribution >= 0.6 is 0 Å². The van der Waals surface area contributed by atoms with Crippen LogP contribution < -0.4 is 10.1 Å². The molecule has 0 radical (unpaired) electrons. The number of benzene rings is 3. The minimum atomic E-state index is 0.309. The largest absolute Gasteiger partial charge is 0.490 e. The Bertz CT molecular complexity index is 1200. The molecular weight excluding hydrogens is 456 g/mol. The first-order valence-electron chi connectivity index (χ1n) is 13.9. The number of likely N-dealkylation sites (tertiary alicyclic amines) is 1. The Morgan fingerprint density at radius 1 is 0.811 bits per heavy atom. The van der Waals surface area contributed by atoms with Crippen molar-refractivity contribution in [2.24, 2.45) is 4.99 Å². The van der Waals surface area contributed by atoms with Gasteiger partial charge in [-0.25, -0.2) is 0 Å². The van der Waals surface area contributed by atoms with Crippen molar-refractivity contribution in [3.63, 3.8) is 0 Å². The minimum Gasteiger partial charge on any atom is -0.490 e. The maximum atomic E-state index is 6.50. The monoisotopic (exact) mass is 494 g/mol. The summed E-state index contributed by atoms with van der Waals surface area (Å²) < 4.78 is 6.50. The first-order chi connectivity index (χ1) is 18.3. The minimum absolute atomic E-state index is 0.309. The number of rotatable bonds is 7. The second-order valence-corrected chi connectivity index (χ2v) is 10.7. The molecule has 0 spiro atoms. The fourth-order valence-corrected chi connectivity index (χ4v) is 5.85. The molecule has 1 N–H and O–H groups in total. The van der Waals surface area contributed by atoms with Gasteiger partial charge in [-0.15, -0.1) is 0 Å². The Morgan fingerprint density at radius 3 is 2.38 bits per heavy atom. The van der Waals surface area contributed by atoms with Crippen molar-refractivity contribution in [2.45, 2.75) is 51.4 Å². The molecule has 0 atom stereocenters. The summed E-state index contributed by atoms with van der Waals surface area (Å²) >= 11 is 0. The lowest BCUT2D eigenvalue weighted by Crippen LogP contribution is -2.37. The predicted molar refractivity (Wildman–Crippen MR) is 150 cm³/mol. The smallest absolute Gasteiger partial charge is 0.128 e. The molecule has 3 aliphatic heterocycles. The van der Waals surface area contributed by atoms with E-state index < -0.39 is 0 Å². The zero-order chi connectivity index (χ0) is 24.9. The maximum absolute atomic E-state index is 6.50. The summed E-state index contributed by atoms with van der Waals surface area (Å²) in [7, 11) is 0. The summed E-state index contributed by atoms with van der Waals surface area (Å²) in [6, 6.07) is 26.5. The van der Waals surface area contributed by atoms with Gasteiger partial charge < -0.3 is 10.1 Å². The lowest BCUT2D eigenvalue weighted by Gasteiger charge is -2.32. The van der Waals surface area contributed by atoms with E-state index in [1.54, 1.807) is 0 Å². The summed E-state index contributed by atoms with van der Waals surface area (Å²) in [6.45, 7) is 8.19. The molecule has 5 heteroatoms. The lowest BCUT2D eigenvalue weighted by atomic mass is 10.0. The number of fused-ring (bicyclic) bond motifs is 1. The molecule has 0 bridgehead atoms. The van der Waals surface area contributed by atoms with Crippen LogP contribution in [-0.2, 0) is 26.1 Å². The Balaban J connectivity index is 0.994. The van der Waals surface area contributed by atoms with Crippen molar-refractivity contribution in [1.82, 2.24) is 15.1 Å². The van der Waals surface area contributed by atoms with Crippen LogP contribution in [0.4, 0.5) is 0 Å². The molecule has 0 aromatic heterocycles. The number of nitrogens with zero attached hydrogens (tertiary/aromatic N) is 3. The van der Waals surface area contributed by atoms with Gasteiger partial charge in [0.2, 0.25) is 0 Å². The molecular formula is C32H38N4O. The number of aryl methyl sites for hydroxylation is 1. The van der Waals surface area contributed by atoms with Crippen molar-refractivity contribution in [1.29, 1.82) is 0 Å². The van der Waals surface area contributed by atoms with Crippen LogP contribution in [0.15, 0.2) is 77.8 Å². The number of hydrogen-bond donors (Lipinski definition) is 1. The fraction of sp³-hybridized carbons (Fsp3) is 0.406. The molecule has 6 rings (SSSR count). The highest BCUT2D eigenvalue weighted by Gasteiger charge is 2.22. The van der Waals surface area contributed by atoms with Gasteiger partial charge in [0.15, 0.2) is 0 Å². The van der Waals surface area contributed by atoms with Crippen molar-refractivity contribution < 1.29 is 4.74 Å². The molecule has 1 saturated heterocycles. The number of piperidine rings is 1. The van der Waals surface area contributed by atoms with Gasteiger partial charge in [-0.2, -0.15) is 0 Å². The Morgan fingerprint density at radius 2 is 1.59 bits per heavy atom. The normalized spacial score (nSPS) is 19.1. The Hall–Kier alpha value is -3.15. The number of amidine groups is 1. The molecule has 3 heterocycles. The van der Waals surface area contributed by atoms with Crippen molar-refractivity contribution in [3.8, 4) is 5.75 Å². The zero-order valence-corrected chi connectivity index (χ0v) is 21.7. The zero-order valence-electron chi connectivity index (χ0n) is 21.7. The van der Waals surface area contributed by atoms with Crippen molar-refractivity contribution >= 4 is 5.84 Å². The Labute approximate surface area is 221 Å². The number of hydrogen-bond acceptors (Lipinski definition) is 5. The molecule has 5 nitrogen and oxygen atoms in total. The third-order valence-corrected chi connectivity index (χ3v) is 7.89. The summed E-state index contributed by atoms with van der Waals surface area (Å²) in [5.74, 6) is 2.08. The van der Waals surface area contributed by atoms with E-state index in [0.717, 1.165) is 83.2 Å². The third-order valence-electron chi connectivity index (χ3n) is 7.89. The van der Waals surface area contributed by atoms with Crippen LogP contribution in [0.25, 0.3) is 0 Å². The molecule has 0 amide bonds. The molecule has 0 unspecified atom stereocenters. The number of nitrogens with one attached hydrogen (secondary N) is 1. The van der Waals surface area contributed by atoms with E-state index in [1.807, 2.05) is 0 Å². The highest BCUT2D eigenvalue weighted by atomic mass is 16.5. The lowest BCUT2D eigenvalue weighted by molar-refractivity contribution is 0.0967. The molecule has 3 aromatic carbocycles. The van der Waals surface area contributed by atoms with Gasteiger partial charge in [0.25, 0.3) is 0 Å². The quantitative estimate of drug-likeness (QED) is 0.500. The van der Waals surface area contributed by atoms with Crippen LogP contribution in [0.3, 0.4) is 0 Å². The van der Waals surface area contributed by atoms with Gasteiger partial charge in [0, 0.05) is 44.8 Å². The Kier molecular flexibility index (Phi) is 7.52. The van der Waals surface area contributed by atoms with E-state index in [4.69, 9.17) is 4.74 Å². The summed E-state index contributed by atoms with van der Waals surface area (Å²) in [6.07, 6.45) is 4.82. The fourth-order valence-electron chi connectivity index (χ4n) is 5.85. The predicted octanol–water partition coefficient (Wildman–Crippen LogP) is 5.03. The van der Waals surface area contributed by atoms with E-state index in [0.29, 0.717) is 6.10 Å². The molecule has 1 fully saturated rings. The van der Waals surface area contributed by atoms with Crippen LogP contribution in [0.2, 0.25) is 0 Å². The topological polar surface area (TPSA) is 40.1 Å². The van der Waals surface area contributed by atoms with Crippen LogP contribution in [0.5, 0.6) is 5.75 Å². The maximum Gasteiger partial charge on any atom is 0.128 e. The SMILES string of the molecule is c1ccc(CN2CCCc3cc(OC4CCN(Cc5ccc(C6=NCCN6)cc5)CC4)ccc3C2)cc1. The second-order valence-electron chi connectivity index (χ2n) is 10.7. The summed E-state index contributed by atoms with van der Waals surface area (Å²) in [4.78, 5) is 9.65. The van der Waals surface area contributed by atoms with Gasteiger partial charge >= 0.3 is 0 Å². The second kappa shape index (κ2) is 11.5. The average Bonchev–Trinajstić information content (AvgIpc) is 3.40. The van der Waals surface area contributed by atoms with E-state index in [-0.39, 0.29) is 0 Å². The summed E-state index contributed by atoms with van der Waals surface area (Å²) in [5.41, 5.74) is 6.88. The molecule has 3 aliphatic rings. The van der Waals surface area contributed by atoms with Gasteiger partial charge in [-0.3, -0.25) is 14.8 Å². The number of aliphatic imine (C=N–C) groups is 1. The van der Waals surface area contributed by atoms with Gasteiger partial charge in [0.1, 0.15) is 17.7 Å². The molecule has 3 aromatic rings. The molecule has 0 aliphatic carbocycles. The molecule has 192 valence electrons. The highest BCUT2D eigenvalue weighted by Crippen LogP contribution is 2.27. The standard InChI is InChI=1S/C32H38N4O/c1-2-5-25(6-3-1)23-36-18-4-7-28-21-31(13-12-29(28)24-36)37-30-14-19-35(20-15-30)22-26-8-10-27(11-9-26)32-33-16-17-34-32/h1-3,5-6,8-13,21,30H,4,7,14-20,22-24H2,(H,33,34). The van der Waals surface area contributed by atoms with Crippen molar-refractivity contribution in [3.05, 3.63) is 101 Å². The highest BCUT2D eigenvalue weighted by molar-refractivity contribution is 5.99. The van der Waals surface area contributed by atoms with E-state index in [1.165, 1.54) is 34.2 Å². The molecule has 0 saturated carbocycles. The van der Waals surface area contributed by atoms with Crippen molar-refractivity contribution in [2.75, 3.05) is 32.7 Å². The van der Waals surface area contributed by atoms with Gasteiger partial charge in [-0.05, 0) is 66.6 Å². The first kappa shape index (κ1) is 24.2. The first-order valence-corrected chi connectivity index (χ1v) is 13.9. The van der Waals surface area contributed by atoms with Crippen LogP contribution in [-0.4, -0.2) is 54.5 Å². The number of ether oxygens (including phenoxy) is 1. The molecule has 37 heavy (non-hydrogen) atoms. The van der Waals surface area contributed by atoms with E-state index >= 15 is 0 Å². The van der Waals surface area contributed by atoms with E-state index in [2.05, 4.69) is 92.9 Å². The van der Waals surface area contributed by atoms with Gasteiger partial charge in [-0.1, -0.05) is 60.7 Å².